The van der Waals surface area contributed by atoms with Crippen LogP contribution in [-0.2, 0) is 9.53 Å². The first-order chi connectivity index (χ1) is 14.1. The van der Waals surface area contributed by atoms with Gasteiger partial charge in [0.15, 0.2) is 10.9 Å². The van der Waals surface area contributed by atoms with Crippen LogP contribution in [0.25, 0.3) is 11.3 Å². The lowest BCUT2D eigenvalue weighted by Gasteiger charge is -2.10. The third-order valence-electron chi connectivity index (χ3n) is 3.76. The summed E-state index contributed by atoms with van der Waals surface area (Å²) in [4.78, 5) is 39.1. The van der Waals surface area contributed by atoms with Crippen LogP contribution in [0.2, 0.25) is 0 Å². The maximum absolute atomic E-state index is 12.3. The molecule has 29 heavy (non-hydrogen) atoms. The number of para-hydroxylation sites is 1. The van der Waals surface area contributed by atoms with Crippen molar-refractivity contribution < 1.29 is 14.3 Å². The molecule has 0 saturated carbocycles. The zero-order valence-electron chi connectivity index (χ0n) is 15.5. The molecule has 0 aliphatic rings. The summed E-state index contributed by atoms with van der Waals surface area (Å²) in [6.45, 7) is 1.95. The number of esters is 1. The zero-order valence-corrected chi connectivity index (χ0v) is 16.4. The smallest absolute Gasteiger partial charge is 0.340 e. The molecule has 0 fully saturated rings. The van der Waals surface area contributed by atoms with Crippen molar-refractivity contribution >= 4 is 29.3 Å². The highest BCUT2D eigenvalue weighted by Crippen LogP contribution is 2.18. The highest BCUT2D eigenvalue weighted by molar-refractivity contribution is 7.99. The first kappa shape index (κ1) is 20.3. The number of anilines is 1. The van der Waals surface area contributed by atoms with E-state index >= 15 is 0 Å². The van der Waals surface area contributed by atoms with Gasteiger partial charge in [-0.05, 0) is 19.1 Å². The number of thioether (sulfide) groups is 1. The summed E-state index contributed by atoms with van der Waals surface area (Å²) in [6.07, 6.45) is 0. The van der Waals surface area contributed by atoms with Gasteiger partial charge >= 0.3 is 5.97 Å². The van der Waals surface area contributed by atoms with Crippen molar-refractivity contribution in [2.24, 2.45) is 0 Å². The van der Waals surface area contributed by atoms with E-state index in [1.54, 1.807) is 55.5 Å². The maximum Gasteiger partial charge on any atom is 0.340 e. The Morgan fingerprint density at radius 2 is 1.79 bits per heavy atom. The van der Waals surface area contributed by atoms with Gasteiger partial charge in [0.25, 0.3) is 5.56 Å². The molecule has 1 amide bonds. The fourth-order valence-corrected chi connectivity index (χ4v) is 3.07. The second-order valence-electron chi connectivity index (χ2n) is 5.78. The van der Waals surface area contributed by atoms with Gasteiger partial charge in [-0.1, -0.05) is 54.2 Å². The topological polar surface area (TPSA) is 114 Å². The Labute approximate surface area is 170 Å². The zero-order chi connectivity index (χ0) is 20.6. The highest BCUT2D eigenvalue weighted by atomic mass is 32.2. The van der Waals surface area contributed by atoms with Crippen LogP contribution in [-0.4, -0.2) is 39.4 Å². The van der Waals surface area contributed by atoms with Crippen LogP contribution in [0, 0.1) is 0 Å². The van der Waals surface area contributed by atoms with E-state index in [1.807, 2.05) is 6.07 Å². The van der Waals surface area contributed by atoms with E-state index < -0.39 is 5.97 Å². The molecular formula is C20H18N4O4S. The van der Waals surface area contributed by atoms with Gasteiger partial charge in [0.05, 0.1) is 23.6 Å². The molecule has 0 bridgehead atoms. The Morgan fingerprint density at radius 3 is 2.52 bits per heavy atom. The third kappa shape index (κ3) is 5.29. The average Bonchev–Trinajstić information content (AvgIpc) is 2.73. The molecule has 3 aromatic rings. The number of H-pyrrole nitrogens is 1. The number of rotatable bonds is 7. The molecule has 2 aromatic carbocycles. The van der Waals surface area contributed by atoms with Crippen molar-refractivity contribution in [2.45, 2.75) is 12.1 Å². The fraction of sp³-hybridized carbons (Fsp3) is 0.150. The van der Waals surface area contributed by atoms with Crippen LogP contribution in [0.3, 0.4) is 0 Å². The second kappa shape index (κ2) is 9.65. The monoisotopic (exact) mass is 410 g/mol. The second-order valence-corrected chi connectivity index (χ2v) is 6.74. The van der Waals surface area contributed by atoms with Crippen LogP contribution >= 0.6 is 11.8 Å². The van der Waals surface area contributed by atoms with Crippen molar-refractivity contribution in [2.75, 3.05) is 17.7 Å². The molecule has 0 aliphatic carbocycles. The third-order valence-corrected chi connectivity index (χ3v) is 4.62. The summed E-state index contributed by atoms with van der Waals surface area (Å²) >= 11 is 1.03. The molecule has 2 N–H and O–H groups in total. The van der Waals surface area contributed by atoms with Crippen molar-refractivity contribution in [1.82, 2.24) is 15.2 Å². The van der Waals surface area contributed by atoms with Crippen LogP contribution < -0.4 is 10.9 Å². The van der Waals surface area contributed by atoms with Gasteiger partial charge in [-0.2, -0.15) is 0 Å². The number of aromatic amines is 1. The van der Waals surface area contributed by atoms with Crippen molar-refractivity contribution in [3.63, 3.8) is 0 Å². The number of carbonyl (C=O) groups excluding carboxylic acids is 2. The summed E-state index contributed by atoms with van der Waals surface area (Å²) in [6, 6.07) is 15.6. The lowest BCUT2D eigenvalue weighted by Crippen LogP contribution is -2.19. The molecule has 0 saturated heterocycles. The van der Waals surface area contributed by atoms with E-state index in [9.17, 15) is 14.4 Å². The lowest BCUT2D eigenvalue weighted by atomic mass is 10.2. The molecule has 0 spiro atoms. The molecule has 0 radical (unpaired) electrons. The average molecular weight is 410 g/mol. The van der Waals surface area contributed by atoms with Gasteiger partial charge < -0.3 is 10.1 Å². The first-order valence-electron chi connectivity index (χ1n) is 8.79. The summed E-state index contributed by atoms with van der Waals surface area (Å²) in [5.41, 5.74) is 1.11. The number of nitrogens with one attached hydrogen (secondary N) is 2. The minimum Gasteiger partial charge on any atom is -0.462 e. The van der Waals surface area contributed by atoms with Gasteiger partial charge in [0.2, 0.25) is 5.91 Å². The summed E-state index contributed by atoms with van der Waals surface area (Å²) in [7, 11) is 0. The highest BCUT2D eigenvalue weighted by Gasteiger charge is 2.15. The Bertz CT molecular complexity index is 1070. The Morgan fingerprint density at radius 1 is 1.07 bits per heavy atom. The number of ether oxygens (including phenoxy) is 1. The van der Waals surface area contributed by atoms with E-state index in [0.29, 0.717) is 11.3 Å². The maximum atomic E-state index is 12.3. The van der Waals surface area contributed by atoms with Gasteiger partial charge in [0.1, 0.15) is 0 Å². The molecule has 1 heterocycles. The van der Waals surface area contributed by atoms with Crippen molar-refractivity contribution in [3.05, 3.63) is 70.5 Å². The minimum atomic E-state index is -0.511. The number of hydrogen-bond donors (Lipinski definition) is 2. The summed E-state index contributed by atoms with van der Waals surface area (Å²) < 4.78 is 4.99. The largest absolute Gasteiger partial charge is 0.462 e. The standard InChI is InChI=1S/C20H18N4O4S/c1-2-28-19(27)14-10-6-7-11-15(14)21-16(25)12-29-20-22-18(26)17(23-24-20)13-8-4-3-5-9-13/h3-11H,2,12H2,1H3,(H,21,25)(H,22,24,26). The number of nitrogens with zero attached hydrogens (tertiary/aromatic N) is 2. The predicted molar refractivity (Wildman–Crippen MR) is 110 cm³/mol. The predicted octanol–water partition coefficient (Wildman–Crippen LogP) is 2.74. The number of benzene rings is 2. The lowest BCUT2D eigenvalue weighted by molar-refractivity contribution is -0.113. The Balaban J connectivity index is 1.64. The molecular weight excluding hydrogens is 392 g/mol. The normalized spacial score (nSPS) is 10.4. The van der Waals surface area contributed by atoms with Crippen molar-refractivity contribution in [1.29, 1.82) is 0 Å². The molecule has 3 rings (SSSR count). The quantitative estimate of drug-likeness (QED) is 0.455. The molecule has 9 heteroatoms. The number of carbonyl (C=O) groups is 2. The molecule has 148 valence electrons. The van der Waals surface area contributed by atoms with Gasteiger partial charge in [0, 0.05) is 5.56 Å². The molecule has 0 atom stereocenters. The number of hydrogen-bond acceptors (Lipinski definition) is 7. The molecule has 0 aliphatic heterocycles. The van der Waals surface area contributed by atoms with Gasteiger partial charge in [-0.15, -0.1) is 10.2 Å². The molecule has 0 unspecified atom stereocenters. The van der Waals surface area contributed by atoms with Crippen LogP contribution in [0.5, 0.6) is 0 Å². The fourth-order valence-electron chi connectivity index (χ4n) is 2.47. The van der Waals surface area contributed by atoms with E-state index in [1.165, 1.54) is 0 Å². The SMILES string of the molecule is CCOC(=O)c1ccccc1NC(=O)CSc1nnc(-c2ccccc2)c(=O)[nH]1. The number of aromatic nitrogens is 3. The van der Waals surface area contributed by atoms with Gasteiger partial charge in [-0.25, -0.2) is 4.79 Å². The number of amides is 1. The molecule has 1 aromatic heterocycles. The van der Waals surface area contributed by atoms with E-state index in [0.717, 1.165) is 11.8 Å². The van der Waals surface area contributed by atoms with E-state index in [2.05, 4.69) is 20.5 Å². The summed E-state index contributed by atoms with van der Waals surface area (Å²) in [5.74, 6) is -0.892. The minimum absolute atomic E-state index is 0.0214. The van der Waals surface area contributed by atoms with Crippen LogP contribution in [0.15, 0.2) is 64.5 Å². The van der Waals surface area contributed by atoms with Crippen molar-refractivity contribution in [3.8, 4) is 11.3 Å². The van der Waals surface area contributed by atoms with Crippen LogP contribution in [0.4, 0.5) is 5.69 Å². The summed E-state index contributed by atoms with van der Waals surface area (Å²) in [5, 5.41) is 10.8. The van der Waals surface area contributed by atoms with Crippen LogP contribution in [0.1, 0.15) is 17.3 Å². The van der Waals surface area contributed by atoms with E-state index in [4.69, 9.17) is 4.74 Å². The molecule has 8 nitrogen and oxygen atoms in total. The van der Waals surface area contributed by atoms with E-state index in [-0.39, 0.29) is 40.2 Å². The Kier molecular flexibility index (Phi) is 6.75. The Hall–Kier alpha value is -3.46. The van der Waals surface area contributed by atoms with Gasteiger partial charge in [-0.3, -0.25) is 14.6 Å². The first-order valence-corrected chi connectivity index (χ1v) is 9.78.